The largest absolute Gasteiger partial charge is 0.545 e. The lowest BCUT2D eigenvalue weighted by molar-refractivity contribution is -0.254. The van der Waals surface area contributed by atoms with Crippen LogP contribution in [0.3, 0.4) is 0 Å². The topological polar surface area (TPSA) is 82.1 Å². The van der Waals surface area contributed by atoms with Gasteiger partial charge in [0, 0.05) is 10.9 Å². The molecule has 1 aromatic heterocycles. The second kappa shape index (κ2) is 6.29. The number of carboxylic acids is 1. The minimum absolute atomic E-state index is 0.0337. The Morgan fingerprint density at radius 3 is 2.42 bits per heavy atom. The molecule has 6 heteroatoms. The van der Waals surface area contributed by atoms with Gasteiger partial charge in [-0.2, -0.15) is 0 Å². The van der Waals surface area contributed by atoms with E-state index in [1.165, 1.54) is 0 Å². The van der Waals surface area contributed by atoms with E-state index in [1.54, 1.807) is 55.5 Å². The van der Waals surface area contributed by atoms with Crippen molar-refractivity contribution in [2.75, 3.05) is 5.32 Å². The maximum Gasteiger partial charge on any atom is 0.258 e. The smallest absolute Gasteiger partial charge is 0.258 e. The van der Waals surface area contributed by atoms with E-state index >= 15 is 0 Å². The van der Waals surface area contributed by atoms with Crippen LogP contribution in [0.25, 0.3) is 10.9 Å². The summed E-state index contributed by atoms with van der Waals surface area (Å²) in [5, 5.41) is 15.0. The second-order valence-corrected chi connectivity index (χ2v) is 5.59. The molecule has 0 atom stereocenters. The predicted molar refractivity (Wildman–Crippen MR) is 90.2 cm³/mol. The van der Waals surface area contributed by atoms with Crippen molar-refractivity contribution in [1.82, 2.24) is 4.98 Å². The van der Waals surface area contributed by atoms with Gasteiger partial charge in [0.15, 0.2) is 0 Å². The molecular formula is C18H12ClN2O3-. The first kappa shape index (κ1) is 16.0. The van der Waals surface area contributed by atoms with Crippen LogP contribution in [0, 0.1) is 6.92 Å². The van der Waals surface area contributed by atoms with Crippen molar-refractivity contribution in [2.45, 2.75) is 6.92 Å². The molecule has 0 bridgehead atoms. The molecular weight excluding hydrogens is 328 g/mol. The molecule has 1 heterocycles. The van der Waals surface area contributed by atoms with Gasteiger partial charge in [-0.05, 0) is 25.1 Å². The number of amides is 1. The first-order chi connectivity index (χ1) is 11.5. The van der Waals surface area contributed by atoms with Crippen LogP contribution < -0.4 is 10.4 Å². The lowest BCUT2D eigenvalue weighted by Gasteiger charge is -2.16. The average Bonchev–Trinajstić information content (AvgIpc) is 2.55. The summed E-state index contributed by atoms with van der Waals surface area (Å²) < 4.78 is 0. The predicted octanol–water partition coefficient (Wildman–Crippen LogP) is 2.81. The van der Waals surface area contributed by atoms with E-state index in [2.05, 4.69) is 10.3 Å². The van der Waals surface area contributed by atoms with Crippen molar-refractivity contribution in [3.63, 3.8) is 0 Å². The molecule has 0 spiro atoms. The maximum atomic E-state index is 12.7. The molecule has 2 aromatic carbocycles. The number of carbonyl (C=O) groups excluding carboxylic acids is 2. The molecule has 0 aliphatic carbocycles. The third-order valence-corrected chi connectivity index (χ3v) is 3.96. The summed E-state index contributed by atoms with van der Waals surface area (Å²) in [6.07, 6.45) is 0. The van der Waals surface area contributed by atoms with Crippen LogP contribution in [0.4, 0.5) is 5.69 Å². The number of carbonyl (C=O) groups is 2. The minimum atomic E-state index is -1.43. The fourth-order valence-corrected chi connectivity index (χ4v) is 2.75. The van der Waals surface area contributed by atoms with Gasteiger partial charge in [-0.1, -0.05) is 41.9 Å². The van der Waals surface area contributed by atoms with Crippen LogP contribution in [-0.2, 0) is 0 Å². The number of benzene rings is 2. The number of aryl methyl sites for hydroxylation is 1. The Kier molecular flexibility index (Phi) is 4.18. The average molecular weight is 340 g/mol. The SMILES string of the molecule is Cc1nc2ccccc2c(C(=O)[O-])c1C(=O)Nc1ccccc1Cl. The molecule has 1 amide bonds. The molecule has 0 unspecified atom stereocenters. The number of rotatable bonds is 3. The second-order valence-electron chi connectivity index (χ2n) is 5.19. The fraction of sp³-hybridized carbons (Fsp3) is 0.0556. The molecule has 120 valence electrons. The highest BCUT2D eigenvalue weighted by Gasteiger charge is 2.20. The Morgan fingerprint density at radius 1 is 1.04 bits per heavy atom. The third-order valence-electron chi connectivity index (χ3n) is 3.63. The van der Waals surface area contributed by atoms with Gasteiger partial charge in [0.25, 0.3) is 5.91 Å². The Hall–Kier alpha value is -2.92. The number of carboxylic acid groups (broad SMARTS) is 1. The van der Waals surface area contributed by atoms with E-state index < -0.39 is 11.9 Å². The Morgan fingerprint density at radius 2 is 1.71 bits per heavy atom. The fourth-order valence-electron chi connectivity index (χ4n) is 2.57. The van der Waals surface area contributed by atoms with Crippen molar-refractivity contribution >= 4 is 40.1 Å². The van der Waals surface area contributed by atoms with Gasteiger partial charge in [-0.15, -0.1) is 0 Å². The summed E-state index contributed by atoms with van der Waals surface area (Å²) >= 11 is 6.03. The number of hydrogen-bond acceptors (Lipinski definition) is 4. The van der Waals surface area contributed by atoms with Crippen LogP contribution in [0.2, 0.25) is 5.02 Å². The Labute approximate surface area is 142 Å². The van der Waals surface area contributed by atoms with E-state index in [0.717, 1.165) is 0 Å². The molecule has 0 saturated carbocycles. The van der Waals surface area contributed by atoms with E-state index in [9.17, 15) is 14.7 Å². The van der Waals surface area contributed by atoms with Crippen LogP contribution >= 0.6 is 11.6 Å². The van der Waals surface area contributed by atoms with Gasteiger partial charge in [-0.25, -0.2) is 0 Å². The van der Waals surface area contributed by atoms with Gasteiger partial charge in [0.2, 0.25) is 0 Å². The summed E-state index contributed by atoms with van der Waals surface area (Å²) in [6, 6.07) is 13.4. The first-order valence-electron chi connectivity index (χ1n) is 7.15. The molecule has 0 aliphatic heterocycles. The van der Waals surface area contributed by atoms with Gasteiger partial charge in [0.1, 0.15) is 0 Å². The number of aromatic carboxylic acids is 1. The molecule has 5 nitrogen and oxygen atoms in total. The molecule has 0 aliphatic rings. The Bertz CT molecular complexity index is 970. The van der Waals surface area contributed by atoms with Crippen LogP contribution in [0.1, 0.15) is 26.4 Å². The summed E-state index contributed by atoms with van der Waals surface area (Å²) in [5.41, 5.74) is 0.971. The van der Waals surface area contributed by atoms with E-state index in [-0.39, 0.29) is 11.1 Å². The zero-order chi connectivity index (χ0) is 17.3. The number of aromatic nitrogens is 1. The third kappa shape index (κ3) is 2.81. The number of pyridine rings is 1. The monoisotopic (exact) mass is 339 g/mol. The highest BCUT2D eigenvalue weighted by molar-refractivity contribution is 6.34. The lowest BCUT2D eigenvalue weighted by atomic mass is 10.00. The van der Waals surface area contributed by atoms with Gasteiger partial charge >= 0.3 is 0 Å². The van der Waals surface area contributed by atoms with Gasteiger partial charge in [-0.3, -0.25) is 9.78 Å². The highest BCUT2D eigenvalue weighted by Crippen LogP contribution is 2.26. The van der Waals surface area contributed by atoms with Crippen LogP contribution in [-0.4, -0.2) is 16.9 Å². The summed E-state index contributed by atoms with van der Waals surface area (Å²) in [4.78, 5) is 28.6. The van der Waals surface area contributed by atoms with E-state index in [4.69, 9.17) is 11.6 Å². The minimum Gasteiger partial charge on any atom is -0.545 e. The number of anilines is 1. The van der Waals surface area contributed by atoms with Crippen molar-refractivity contribution in [3.8, 4) is 0 Å². The maximum absolute atomic E-state index is 12.7. The van der Waals surface area contributed by atoms with Crippen molar-refractivity contribution in [3.05, 3.63) is 70.4 Å². The number of fused-ring (bicyclic) bond motifs is 1. The summed E-state index contributed by atoms with van der Waals surface area (Å²) in [6.45, 7) is 1.58. The zero-order valence-electron chi connectivity index (χ0n) is 12.7. The number of nitrogens with zero attached hydrogens (tertiary/aromatic N) is 1. The molecule has 3 aromatic rings. The van der Waals surface area contributed by atoms with Gasteiger partial charge < -0.3 is 15.2 Å². The molecule has 0 saturated heterocycles. The molecule has 0 fully saturated rings. The van der Waals surface area contributed by atoms with E-state index in [1.807, 2.05) is 0 Å². The van der Waals surface area contributed by atoms with Crippen LogP contribution in [0.15, 0.2) is 48.5 Å². The molecule has 24 heavy (non-hydrogen) atoms. The van der Waals surface area contributed by atoms with E-state index in [0.29, 0.717) is 27.3 Å². The number of halogens is 1. The number of hydrogen-bond donors (Lipinski definition) is 1. The van der Waals surface area contributed by atoms with Crippen molar-refractivity contribution in [1.29, 1.82) is 0 Å². The van der Waals surface area contributed by atoms with Crippen LogP contribution in [0.5, 0.6) is 0 Å². The normalized spacial score (nSPS) is 10.6. The first-order valence-corrected chi connectivity index (χ1v) is 7.53. The molecule has 3 rings (SSSR count). The number of nitrogens with one attached hydrogen (secondary N) is 1. The summed E-state index contributed by atoms with van der Waals surface area (Å²) in [7, 11) is 0. The standard InChI is InChI=1S/C18H13ClN2O3/c1-10-15(17(22)21-14-9-5-3-7-12(14)19)16(18(23)24)11-6-2-4-8-13(11)20-10/h2-9H,1H3,(H,21,22)(H,23,24)/p-1. The lowest BCUT2D eigenvalue weighted by Crippen LogP contribution is -2.28. The Balaban J connectivity index is 2.16. The quantitative estimate of drug-likeness (QED) is 0.795. The molecule has 1 N–H and O–H groups in total. The zero-order valence-corrected chi connectivity index (χ0v) is 13.4. The van der Waals surface area contributed by atoms with Crippen molar-refractivity contribution in [2.24, 2.45) is 0 Å². The van der Waals surface area contributed by atoms with Gasteiger partial charge in [0.05, 0.1) is 33.5 Å². The number of para-hydroxylation sites is 2. The van der Waals surface area contributed by atoms with Crippen molar-refractivity contribution < 1.29 is 14.7 Å². The summed E-state index contributed by atoms with van der Waals surface area (Å²) in [5.74, 6) is -2.03. The highest BCUT2D eigenvalue weighted by atomic mass is 35.5. The molecule has 0 radical (unpaired) electrons.